The molecule has 2 heterocycles. The van der Waals surface area contributed by atoms with Crippen LogP contribution in [-0.2, 0) is 0 Å². The average molecular weight is 420 g/mol. The largest absolute Gasteiger partial charge is 0.497 e. The molecule has 0 radical (unpaired) electrons. The van der Waals surface area contributed by atoms with Crippen molar-refractivity contribution in [3.63, 3.8) is 0 Å². The number of benzene rings is 2. The minimum atomic E-state index is -0.265. The van der Waals surface area contributed by atoms with E-state index in [0.29, 0.717) is 58.5 Å². The molecule has 9 heteroatoms. The SMILES string of the molecule is COc1cc(OC)cc(C(=O)NCCNc2nc3cc4c(cc3cc2C#N)OCO4)c1. The standard InChI is InChI=1S/C22H20N4O5/c1-28-16-6-14(7-17(9-16)29-2)22(27)25-4-3-24-21-15(11-23)5-13-8-19-20(31-12-30-19)10-18(13)26-21/h5-10H,3-4,12H2,1-2H3,(H,24,26)(H,25,27). The summed E-state index contributed by atoms with van der Waals surface area (Å²) in [6, 6.07) is 12.4. The van der Waals surface area contributed by atoms with Gasteiger partial charge in [-0.15, -0.1) is 0 Å². The first-order chi connectivity index (χ1) is 15.1. The summed E-state index contributed by atoms with van der Waals surface area (Å²) in [5.41, 5.74) is 1.50. The summed E-state index contributed by atoms with van der Waals surface area (Å²) < 4.78 is 21.1. The summed E-state index contributed by atoms with van der Waals surface area (Å²) in [6.45, 7) is 0.870. The van der Waals surface area contributed by atoms with Crippen LogP contribution < -0.4 is 29.6 Å². The van der Waals surface area contributed by atoms with E-state index in [0.717, 1.165) is 5.39 Å². The summed E-state index contributed by atoms with van der Waals surface area (Å²) >= 11 is 0. The predicted octanol–water partition coefficient (Wildman–Crippen LogP) is 2.69. The van der Waals surface area contributed by atoms with Crippen molar-refractivity contribution in [1.82, 2.24) is 10.3 Å². The van der Waals surface area contributed by atoms with Gasteiger partial charge in [-0.25, -0.2) is 4.98 Å². The van der Waals surface area contributed by atoms with Gasteiger partial charge in [0.25, 0.3) is 5.91 Å². The number of amides is 1. The first-order valence-electron chi connectivity index (χ1n) is 9.51. The molecule has 1 amide bonds. The normalized spacial score (nSPS) is 11.6. The van der Waals surface area contributed by atoms with E-state index in [1.165, 1.54) is 14.2 Å². The first-order valence-corrected chi connectivity index (χ1v) is 9.51. The van der Waals surface area contributed by atoms with Crippen LogP contribution in [-0.4, -0.2) is 45.0 Å². The number of ether oxygens (including phenoxy) is 4. The van der Waals surface area contributed by atoms with Gasteiger partial charge >= 0.3 is 0 Å². The topological polar surface area (TPSA) is 115 Å². The molecule has 0 atom stereocenters. The minimum Gasteiger partial charge on any atom is -0.497 e. The number of rotatable bonds is 7. The molecule has 0 spiro atoms. The average Bonchev–Trinajstić information content (AvgIpc) is 3.26. The molecule has 1 aliphatic rings. The fourth-order valence-electron chi connectivity index (χ4n) is 3.18. The molecule has 3 aromatic rings. The highest BCUT2D eigenvalue weighted by molar-refractivity contribution is 5.95. The van der Waals surface area contributed by atoms with Gasteiger partial charge in [0.1, 0.15) is 23.4 Å². The predicted molar refractivity (Wildman–Crippen MR) is 113 cm³/mol. The van der Waals surface area contributed by atoms with Gasteiger partial charge < -0.3 is 29.6 Å². The fraction of sp³-hybridized carbons (Fsp3) is 0.227. The molecule has 1 aliphatic heterocycles. The third-order valence-electron chi connectivity index (χ3n) is 4.75. The van der Waals surface area contributed by atoms with Crippen LogP contribution in [0.2, 0.25) is 0 Å². The molecular weight excluding hydrogens is 400 g/mol. The molecule has 2 aromatic carbocycles. The number of nitriles is 1. The second kappa shape index (κ2) is 8.67. The Balaban J connectivity index is 1.42. The van der Waals surface area contributed by atoms with Gasteiger partial charge in [-0.3, -0.25) is 4.79 Å². The highest BCUT2D eigenvalue weighted by Gasteiger charge is 2.16. The summed E-state index contributed by atoms with van der Waals surface area (Å²) in [6.07, 6.45) is 0. The van der Waals surface area contributed by atoms with Crippen molar-refractivity contribution in [1.29, 1.82) is 5.26 Å². The zero-order valence-corrected chi connectivity index (χ0v) is 17.0. The lowest BCUT2D eigenvalue weighted by atomic mass is 10.1. The quantitative estimate of drug-likeness (QED) is 0.561. The van der Waals surface area contributed by atoms with Crippen molar-refractivity contribution < 1.29 is 23.7 Å². The number of nitrogens with one attached hydrogen (secondary N) is 2. The molecule has 0 fully saturated rings. The molecule has 1 aromatic heterocycles. The first kappa shape index (κ1) is 20.1. The van der Waals surface area contributed by atoms with Crippen molar-refractivity contribution in [3.05, 3.63) is 47.5 Å². The number of pyridine rings is 1. The van der Waals surface area contributed by atoms with E-state index in [4.69, 9.17) is 18.9 Å². The Kier molecular flexibility index (Phi) is 5.62. The molecule has 4 rings (SSSR count). The van der Waals surface area contributed by atoms with Gasteiger partial charge in [-0.1, -0.05) is 0 Å². The summed E-state index contributed by atoms with van der Waals surface area (Å²) in [7, 11) is 3.05. The van der Waals surface area contributed by atoms with Crippen molar-refractivity contribution in [3.8, 4) is 29.1 Å². The number of carbonyl (C=O) groups is 1. The Morgan fingerprint density at radius 1 is 1.06 bits per heavy atom. The Hall–Kier alpha value is -4.19. The van der Waals surface area contributed by atoms with E-state index in [1.807, 2.05) is 0 Å². The molecule has 0 aliphatic carbocycles. The van der Waals surface area contributed by atoms with Gasteiger partial charge in [0.05, 0.1) is 25.3 Å². The fourth-order valence-corrected chi connectivity index (χ4v) is 3.18. The van der Waals surface area contributed by atoms with Gasteiger partial charge in [0, 0.05) is 36.2 Å². The maximum absolute atomic E-state index is 12.5. The number of nitrogens with zero attached hydrogens (tertiary/aromatic N) is 2. The van der Waals surface area contributed by atoms with Crippen LogP contribution in [0.15, 0.2) is 36.4 Å². The van der Waals surface area contributed by atoms with Crippen molar-refractivity contribution in [2.24, 2.45) is 0 Å². The van der Waals surface area contributed by atoms with E-state index in [9.17, 15) is 10.1 Å². The molecule has 158 valence electrons. The molecule has 0 saturated carbocycles. The van der Waals surface area contributed by atoms with E-state index in [1.54, 1.807) is 36.4 Å². The number of anilines is 1. The van der Waals surface area contributed by atoms with E-state index < -0.39 is 0 Å². The maximum atomic E-state index is 12.5. The number of hydrogen-bond donors (Lipinski definition) is 2. The Morgan fingerprint density at radius 2 is 1.77 bits per heavy atom. The van der Waals surface area contributed by atoms with Crippen LogP contribution in [0.1, 0.15) is 15.9 Å². The van der Waals surface area contributed by atoms with Crippen LogP contribution >= 0.6 is 0 Å². The molecule has 9 nitrogen and oxygen atoms in total. The third kappa shape index (κ3) is 4.23. The monoisotopic (exact) mass is 420 g/mol. The summed E-state index contributed by atoms with van der Waals surface area (Å²) in [4.78, 5) is 17.0. The highest BCUT2D eigenvalue weighted by Crippen LogP contribution is 2.36. The highest BCUT2D eigenvalue weighted by atomic mass is 16.7. The van der Waals surface area contributed by atoms with E-state index in [2.05, 4.69) is 21.7 Å². The molecule has 2 N–H and O–H groups in total. The second-order valence-corrected chi connectivity index (χ2v) is 6.68. The number of aromatic nitrogens is 1. The lowest BCUT2D eigenvalue weighted by Gasteiger charge is -2.11. The van der Waals surface area contributed by atoms with Gasteiger partial charge in [0.2, 0.25) is 6.79 Å². The minimum absolute atomic E-state index is 0.167. The van der Waals surface area contributed by atoms with Crippen LogP contribution in [0.25, 0.3) is 10.9 Å². The number of methoxy groups -OCH3 is 2. The second-order valence-electron chi connectivity index (χ2n) is 6.68. The number of carbonyl (C=O) groups excluding carboxylic acids is 1. The molecule has 31 heavy (non-hydrogen) atoms. The van der Waals surface area contributed by atoms with Crippen molar-refractivity contribution in [2.75, 3.05) is 39.4 Å². The zero-order valence-electron chi connectivity index (χ0n) is 17.0. The molecular formula is C22H20N4O5. The van der Waals surface area contributed by atoms with Gasteiger partial charge in [-0.2, -0.15) is 5.26 Å². The van der Waals surface area contributed by atoms with Crippen LogP contribution in [0.3, 0.4) is 0 Å². The Morgan fingerprint density at radius 3 is 2.45 bits per heavy atom. The summed E-state index contributed by atoms with van der Waals surface area (Å²) in [5.74, 6) is 2.49. The molecule has 0 saturated heterocycles. The lowest BCUT2D eigenvalue weighted by Crippen LogP contribution is -2.29. The third-order valence-corrected chi connectivity index (χ3v) is 4.75. The Bertz CT molecular complexity index is 1170. The van der Waals surface area contributed by atoms with Crippen LogP contribution in [0, 0.1) is 11.3 Å². The number of hydrogen-bond acceptors (Lipinski definition) is 8. The Labute approximate surface area is 178 Å². The smallest absolute Gasteiger partial charge is 0.251 e. The lowest BCUT2D eigenvalue weighted by molar-refractivity contribution is 0.0954. The zero-order chi connectivity index (χ0) is 21.8. The molecule has 0 unspecified atom stereocenters. The van der Waals surface area contributed by atoms with Crippen LogP contribution in [0.4, 0.5) is 5.82 Å². The molecule has 0 bridgehead atoms. The van der Waals surface area contributed by atoms with Gasteiger partial charge in [0.15, 0.2) is 11.5 Å². The van der Waals surface area contributed by atoms with Crippen LogP contribution in [0.5, 0.6) is 23.0 Å². The van der Waals surface area contributed by atoms with Crippen molar-refractivity contribution in [2.45, 2.75) is 0 Å². The van der Waals surface area contributed by atoms with Gasteiger partial charge in [-0.05, 0) is 24.3 Å². The summed E-state index contributed by atoms with van der Waals surface area (Å²) in [5, 5.41) is 16.2. The van der Waals surface area contributed by atoms with E-state index >= 15 is 0 Å². The van der Waals surface area contributed by atoms with E-state index in [-0.39, 0.29) is 12.7 Å². The number of fused-ring (bicyclic) bond motifs is 2. The van der Waals surface area contributed by atoms with Crippen molar-refractivity contribution >= 4 is 22.6 Å². The maximum Gasteiger partial charge on any atom is 0.251 e.